The van der Waals surface area contributed by atoms with Crippen LogP contribution in [0, 0.1) is 28.6 Å². The van der Waals surface area contributed by atoms with Crippen molar-refractivity contribution >= 4 is 11.7 Å². The van der Waals surface area contributed by atoms with Gasteiger partial charge in [-0.05, 0) is 67.1 Å². The minimum atomic E-state index is -0.0738. The number of aromatic nitrogens is 2. The monoisotopic (exact) mass is 344 g/mol. The average molecular weight is 345 g/mol. The summed E-state index contributed by atoms with van der Waals surface area (Å²) in [5.41, 5.74) is 1.69. The Morgan fingerprint density at radius 2 is 1.96 bits per heavy atom. The van der Waals surface area contributed by atoms with Crippen molar-refractivity contribution in [2.24, 2.45) is 35.6 Å². The van der Waals surface area contributed by atoms with E-state index in [0.29, 0.717) is 28.7 Å². The van der Waals surface area contributed by atoms with Gasteiger partial charge in [-0.1, -0.05) is 20.8 Å². The molecule has 25 heavy (non-hydrogen) atoms. The number of nitrogens with one attached hydrogen (secondary N) is 2. The second-order valence-corrected chi connectivity index (χ2v) is 10.2. The smallest absolute Gasteiger partial charge is 0.319 e. The van der Waals surface area contributed by atoms with E-state index in [1.807, 2.05) is 13.2 Å². The molecule has 0 saturated heterocycles. The predicted molar refractivity (Wildman–Crippen MR) is 99.2 cm³/mol. The molecule has 0 spiro atoms. The summed E-state index contributed by atoms with van der Waals surface area (Å²) in [7, 11) is 1.86. The number of urea groups is 1. The lowest BCUT2D eigenvalue weighted by atomic mass is 9.46. The molecule has 0 aromatic carbocycles. The average Bonchev–Trinajstić information content (AvgIpc) is 2.84. The molecule has 1 aromatic rings. The van der Waals surface area contributed by atoms with Crippen LogP contribution in [-0.2, 0) is 7.05 Å². The van der Waals surface area contributed by atoms with Crippen LogP contribution < -0.4 is 10.6 Å². The maximum atomic E-state index is 12.5. The van der Waals surface area contributed by atoms with Crippen molar-refractivity contribution < 1.29 is 4.79 Å². The quantitative estimate of drug-likeness (QED) is 0.864. The first-order valence-electron chi connectivity index (χ1n) is 9.78. The van der Waals surface area contributed by atoms with Gasteiger partial charge in [0, 0.05) is 19.3 Å². The number of hydrogen-bond acceptors (Lipinski definition) is 2. The van der Waals surface area contributed by atoms with E-state index in [2.05, 4.69) is 36.5 Å². The molecule has 2 atom stereocenters. The van der Waals surface area contributed by atoms with Crippen LogP contribution in [0.2, 0.25) is 0 Å². The zero-order valence-electron chi connectivity index (χ0n) is 16.0. The van der Waals surface area contributed by atoms with Gasteiger partial charge in [0.2, 0.25) is 0 Å². The van der Waals surface area contributed by atoms with Gasteiger partial charge in [0.25, 0.3) is 0 Å². The van der Waals surface area contributed by atoms with Crippen LogP contribution in [0.4, 0.5) is 10.5 Å². The highest BCUT2D eigenvalue weighted by Crippen LogP contribution is 2.63. The van der Waals surface area contributed by atoms with Crippen molar-refractivity contribution in [1.29, 1.82) is 0 Å². The Morgan fingerprint density at radius 1 is 1.28 bits per heavy atom. The lowest BCUT2D eigenvalue weighted by Gasteiger charge is -2.61. The molecule has 4 fully saturated rings. The minimum absolute atomic E-state index is 0.0738. The molecular weight excluding hydrogens is 312 g/mol. The maximum Gasteiger partial charge on any atom is 0.319 e. The molecule has 2 amide bonds. The summed E-state index contributed by atoms with van der Waals surface area (Å²) in [5, 5.41) is 10.4. The van der Waals surface area contributed by atoms with Crippen LogP contribution in [0.3, 0.4) is 0 Å². The first-order valence-corrected chi connectivity index (χ1v) is 9.78. The van der Waals surface area contributed by atoms with Crippen LogP contribution >= 0.6 is 0 Å². The number of nitrogens with zero attached hydrogens (tertiary/aromatic N) is 2. The maximum absolute atomic E-state index is 12.5. The van der Waals surface area contributed by atoms with E-state index >= 15 is 0 Å². The minimum Gasteiger partial charge on any atom is -0.335 e. The zero-order chi connectivity index (χ0) is 17.8. The van der Waals surface area contributed by atoms with Gasteiger partial charge < -0.3 is 10.6 Å². The van der Waals surface area contributed by atoms with Crippen molar-refractivity contribution in [3.05, 3.63) is 12.4 Å². The van der Waals surface area contributed by atoms with Gasteiger partial charge in [-0.25, -0.2) is 4.79 Å². The van der Waals surface area contributed by atoms with E-state index in [4.69, 9.17) is 0 Å². The molecule has 2 unspecified atom stereocenters. The fourth-order valence-corrected chi connectivity index (χ4v) is 6.57. The van der Waals surface area contributed by atoms with Crippen LogP contribution in [0.1, 0.15) is 59.3 Å². The largest absolute Gasteiger partial charge is 0.335 e. The van der Waals surface area contributed by atoms with Crippen molar-refractivity contribution in [3.8, 4) is 0 Å². The topological polar surface area (TPSA) is 59.0 Å². The Kier molecular flexibility index (Phi) is 3.89. The van der Waals surface area contributed by atoms with Crippen LogP contribution in [0.5, 0.6) is 0 Å². The lowest BCUT2D eigenvalue weighted by molar-refractivity contribution is -0.0899. The van der Waals surface area contributed by atoms with Crippen LogP contribution in [0.15, 0.2) is 12.4 Å². The Hall–Kier alpha value is -1.52. The molecule has 1 aromatic heterocycles. The van der Waals surface area contributed by atoms with Crippen molar-refractivity contribution in [3.63, 3.8) is 0 Å². The Bertz CT molecular complexity index is 643. The fraction of sp³-hybridized carbons (Fsp3) is 0.800. The summed E-state index contributed by atoms with van der Waals surface area (Å²) < 4.78 is 1.70. The molecule has 0 aliphatic heterocycles. The van der Waals surface area contributed by atoms with Gasteiger partial charge in [0.05, 0.1) is 11.9 Å². The second-order valence-electron chi connectivity index (χ2n) is 10.2. The number of hydrogen-bond donors (Lipinski definition) is 2. The van der Waals surface area contributed by atoms with E-state index in [-0.39, 0.29) is 6.03 Å². The third-order valence-electron chi connectivity index (χ3n) is 6.57. The Morgan fingerprint density at radius 3 is 2.52 bits per heavy atom. The van der Waals surface area contributed by atoms with Gasteiger partial charge in [-0.3, -0.25) is 4.68 Å². The Labute approximate surface area is 150 Å². The second kappa shape index (κ2) is 5.75. The highest BCUT2D eigenvalue weighted by atomic mass is 16.2. The number of amides is 2. The van der Waals surface area contributed by atoms with E-state index in [1.165, 1.54) is 38.5 Å². The number of carbonyl (C=O) groups excluding carboxylic acids is 1. The van der Waals surface area contributed by atoms with Gasteiger partial charge in [0.15, 0.2) is 0 Å². The normalized spacial score (nSPS) is 36.5. The summed E-state index contributed by atoms with van der Waals surface area (Å²) in [5.74, 6) is 2.21. The first-order chi connectivity index (χ1) is 11.7. The molecule has 4 saturated carbocycles. The molecule has 5 heteroatoms. The number of aryl methyl sites for hydroxylation is 1. The summed E-state index contributed by atoms with van der Waals surface area (Å²) in [6, 6.07) is 0.275. The van der Waals surface area contributed by atoms with Gasteiger partial charge in [-0.2, -0.15) is 5.10 Å². The van der Waals surface area contributed by atoms with Gasteiger partial charge >= 0.3 is 6.03 Å². The van der Waals surface area contributed by atoms with E-state index in [1.54, 1.807) is 10.9 Å². The Balaban J connectivity index is 1.43. The summed E-state index contributed by atoms with van der Waals surface area (Å²) in [4.78, 5) is 12.5. The molecule has 4 bridgehead atoms. The first kappa shape index (κ1) is 16.9. The molecule has 2 N–H and O–H groups in total. The van der Waals surface area contributed by atoms with Crippen LogP contribution in [0.25, 0.3) is 0 Å². The molecule has 0 radical (unpaired) electrons. The zero-order valence-corrected chi connectivity index (χ0v) is 16.0. The van der Waals surface area contributed by atoms with Crippen molar-refractivity contribution in [2.75, 3.05) is 5.32 Å². The van der Waals surface area contributed by atoms with Crippen LogP contribution in [-0.4, -0.2) is 21.9 Å². The van der Waals surface area contributed by atoms with E-state index in [0.717, 1.165) is 11.6 Å². The highest BCUT2D eigenvalue weighted by molar-refractivity contribution is 5.89. The van der Waals surface area contributed by atoms with Crippen molar-refractivity contribution in [2.45, 2.75) is 65.3 Å². The molecular formula is C20H32N4O. The standard InChI is InChI=1S/C20H32N4O/c1-19(2,3)12-20-7-13-5-14(8-20)17(15(6-13)9-20)23-18(25)22-16-10-21-24(4)11-16/h10-11,13-15,17H,5-9,12H2,1-4H3,(H2,22,23,25). The third-order valence-corrected chi connectivity index (χ3v) is 6.57. The summed E-state index contributed by atoms with van der Waals surface area (Å²) in [6.45, 7) is 7.13. The number of rotatable bonds is 3. The van der Waals surface area contributed by atoms with Gasteiger partial charge in [0.1, 0.15) is 0 Å². The lowest BCUT2D eigenvalue weighted by Crippen LogP contribution is -2.60. The van der Waals surface area contributed by atoms with E-state index < -0.39 is 0 Å². The number of carbonyl (C=O) groups is 1. The molecule has 5 nitrogen and oxygen atoms in total. The number of anilines is 1. The van der Waals surface area contributed by atoms with Gasteiger partial charge in [-0.15, -0.1) is 0 Å². The van der Waals surface area contributed by atoms with Crippen molar-refractivity contribution in [1.82, 2.24) is 15.1 Å². The highest BCUT2D eigenvalue weighted by Gasteiger charge is 2.56. The molecule has 1 heterocycles. The molecule has 4 aliphatic rings. The summed E-state index contributed by atoms with van der Waals surface area (Å²) in [6.07, 6.45) is 11.5. The molecule has 138 valence electrons. The molecule has 5 rings (SSSR count). The predicted octanol–water partition coefficient (Wildman–Crippen LogP) is 4.17. The molecule has 4 aliphatic carbocycles. The SMILES string of the molecule is Cn1cc(NC(=O)NC2C3CC4CC2CC(CC(C)(C)C)(C4)C3)cn1. The fourth-order valence-electron chi connectivity index (χ4n) is 6.57. The summed E-state index contributed by atoms with van der Waals surface area (Å²) >= 11 is 0. The van der Waals surface area contributed by atoms with E-state index in [9.17, 15) is 4.79 Å². The third kappa shape index (κ3) is 3.42.